The van der Waals surface area contributed by atoms with Gasteiger partial charge in [-0.2, -0.15) is 0 Å². The highest BCUT2D eigenvalue weighted by Gasteiger charge is 2.33. The Labute approximate surface area is 105 Å². The van der Waals surface area contributed by atoms with E-state index in [1.54, 1.807) is 0 Å². The quantitative estimate of drug-likeness (QED) is 0.726. The summed E-state index contributed by atoms with van der Waals surface area (Å²) in [5.41, 5.74) is 0. The maximum absolute atomic E-state index is 6.03. The van der Waals surface area contributed by atoms with Crippen molar-refractivity contribution in [2.75, 3.05) is 6.61 Å². The lowest BCUT2D eigenvalue weighted by atomic mass is 9.93. The molecule has 2 unspecified atom stereocenters. The molecule has 3 rings (SSSR count). The summed E-state index contributed by atoms with van der Waals surface area (Å²) in [7, 11) is 0. The van der Waals surface area contributed by atoms with Crippen LogP contribution in [0.4, 0.5) is 0 Å². The van der Waals surface area contributed by atoms with Gasteiger partial charge in [0.25, 0.3) is 0 Å². The molecule has 96 valence electrons. The molecule has 17 heavy (non-hydrogen) atoms. The van der Waals surface area contributed by atoms with E-state index in [0.717, 1.165) is 12.6 Å². The summed E-state index contributed by atoms with van der Waals surface area (Å²) in [6.07, 6.45) is 17.3. The van der Waals surface area contributed by atoms with E-state index >= 15 is 0 Å². The molecule has 0 radical (unpaired) electrons. The van der Waals surface area contributed by atoms with Crippen molar-refractivity contribution in [1.29, 1.82) is 0 Å². The van der Waals surface area contributed by atoms with Gasteiger partial charge in [0.15, 0.2) is 0 Å². The summed E-state index contributed by atoms with van der Waals surface area (Å²) in [5.74, 6) is 0. The molecular weight excluding hydrogens is 210 g/mol. The van der Waals surface area contributed by atoms with E-state index in [1.807, 2.05) is 0 Å². The molecule has 2 nitrogen and oxygen atoms in total. The molecule has 0 N–H and O–H groups in total. The Hall–Kier alpha value is -0.500. The summed E-state index contributed by atoms with van der Waals surface area (Å²) in [5, 5.41) is 0. The molecular formula is C15H25NO. The Balaban J connectivity index is 1.69. The number of allylic oxidation sites excluding steroid dienone is 1. The Bertz CT molecular complexity index is 264. The Kier molecular flexibility index (Phi) is 3.70. The second-order valence-electron chi connectivity index (χ2n) is 5.82. The SMILES string of the molecule is C1=CN(C2CCCC2)C(C2CCCCO2)CC1. The molecule has 2 heterocycles. The van der Waals surface area contributed by atoms with Crippen LogP contribution in [0.25, 0.3) is 0 Å². The minimum absolute atomic E-state index is 0.509. The van der Waals surface area contributed by atoms with Gasteiger partial charge in [0.05, 0.1) is 12.1 Å². The van der Waals surface area contributed by atoms with Gasteiger partial charge in [-0.1, -0.05) is 18.9 Å². The first-order chi connectivity index (χ1) is 8.45. The average molecular weight is 235 g/mol. The van der Waals surface area contributed by atoms with Gasteiger partial charge in [-0.3, -0.25) is 0 Å². The average Bonchev–Trinajstić information content (AvgIpc) is 2.94. The molecule has 3 aliphatic rings. The van der Waals surface area contributed by atoms with Gasteiger partial charge in [0.2, 0.25) is 0 Å². The lowest BCUT2D eigenvalue weighted by Crippen LogP contribution is -2.48. The molecule has 2 fully saturated rings. The van der Waals surface area contributed by atoms with Crippen molar-refractivity contribution >= 4 is 0 Å². The lowest BCUT2D eigenvalue weighted by molar-refractivity contribution is -0.0434. The number of hydrogen-bond donors (Lipinski definition) is 0. The predicted molar refractivity (Wildman–Crippen MR) is 69.8 cm³/mol. The Morgan fingerprint density at radius 3 is 2.53 bits per heavy atom. The van der Waals surface area contributed by atoms with Gasteiger partial charge >= 0.3 is 0 Å². The van der Waals surface area contributed by atoms with Crippen molar-refractivity contribution in [3.63, 3.8) is 0 Å². The van der Waals surface area contributed by atoms with Crippen LogP contribution in [0.3, 0.4) is 0 Å². The molecule has 1 aliphatic carbocycles. The van der Waals surface area contributed by atoms with Crippen molar-refractivity contribution in [2.24, 2.45) is 0 Å². The second-order valence-corrected chi connectivity index (χ2v) is 5.82. The summed E-state index contributed by atoms with van der Waals surface area (Å²) < 4.78 is 6.03. The van der Waals surface area contributed by atoms with Crippen molar-refractivity contribution in [2.45, 2.75) is 76.0 Å². The fourth-order valence-corrected chi connectivity index (χ4v) is 3.76. The molecule has 0 amide bonds. The minimum atomic E-state index is 0.509. The van der Waals surface area contributed by atoms with E-state index in [4.69, 9.17) is 4.74 Å². The minimum Gasteiger partial charge on any atom is -0.376 e. The van der Waals surface area contributed by atoms with Crippen molar-refractivity contribution < 1.29 is 4.74 Å². The van der Waals surface area contributed by atoms with Gasteiger partial charge in [0, 0.05) is 12.6 Å². The van der Waals surface area contributed by atoms with Crippen molar-refractivity contribution in [1.82, 2.24) is 4.90 Å². The molecule has 2 heteroatoms. The zero-order chi connectivity index (χ0) is 11.5. The van der Waals surface area contributed by atoms with Crippen LogP contribution >= 0.6 is 0 Å². The van der Waals surface area contributed by atoms with Crippen LogP contribution in [-0.2, 0) is 4.74 Å². The van der Waals surface area contributed by atoms with Crippen LogP contribution in [0.15, 0.2) is 12.3 Å². The van der Waals surface area contributed by atoms with E-state index in [0.29, 0.717) is 12.1 Å². The summed E-state index contributed by atoms with van der Waals surface area (Å²) >= 11 is 0. The van der Waals surface area contributed by atoms with Crippen molar-refractivity contribution in [3.05, 3.63) is 12.3 Å². The van der Waals surface area contributed by atoms with Crippen LogP contribution in [0.2, 0.25) is 0 Å². The number of hydrogen-bond acceptors (Lipinski definition) is 2. The fraction of sp³-hybridized carbons (Fsp3) is 0.867. The van der Waals surface area contributed by atoms with Crippen LogP contribution in [0.5, 0.6) is 0 Å². The maximum Gasteiger partial charge on any atom is 0.0778 e. The predicted octanol–water partition coefficient (Wildman–Crippen LogP) is 3.48. The number of rotatable bonds is 2. The third kappa shape index (κ3) is 2.52. The van der Waals surface area contributed by atoms with Crippen molar-refractivity contribution in [3.8, 4) is 0 Å². The third-order valence-electron chi connectivity index (χ3n) is 4.68. The zero-order valence-corrected chi connectivity index (χ0v) is 10.8. The first-order valence-electron chi connectivity index (χ1n) is 7.51. The highest BCUT2D eigenvalue weighted by Crippen LogP contribution is 2.32. The van der Waals surface area contributed by atoms with Gasteiger partial charge in [-0.05, 0) is 51.1 Å². The van der Waals surface area contributed by atoms with Crippen LogP contribution in [0.1, 0.15) is 57.8 Å². The smallest absolute Gasteiger partial charge is 0.0778 e. The van der Waals surface area contributed by atoms with Gasteiger partial charge in [0.1, 0.15) is 0 Å². The largest absolute Gasteiger partial charge is 0.376 e. The van der Waals surface area contributed by atoms with Gasteiger partial charge in [-0.15, -0.1) is 0 Å². The van der Waals surface area contributed by atoms with Crippen LogP contribution < -0.4 is 0 Å². The lowest BCUT2D eigenvalue weighted by Gasteiger charge is -2.43. The molecule has 1 saturated heterocycles. The van der Waals surface area contributed by atoms with E-state index in [9.17, 15) is 0 Å². The van der Waals surface area contributed by atoms with Gasteiger partial charge in [-0.25, -0.2) is 0 Å². The standard InChI is InChI=1S/C15H25NO/c1-2-8-13(7-1)16-11-5-3-9-14(16)15-10-4-6-12-17-15/h5,11,13-15H,1-4,6-10,12H2. The summed E-state index contributed by atoms with van der Waals surface area (Å²) in [6.45, 7) is 0.989. The topological polar surface area (TPSA) is 12.5 Å². The second kappa shape index (κ2) is 5.43. The maximum atomic E-state index is 6.03. The molecule has 2 atom stereocenters. The molecule has 2 aliphatic heterocycles. The van der Waals surface area contributed by atoms with Crippen LogP contribution in [-0.4, -0.2) is 29.7 Å². The first-order valence-corrected chi connectivity index (χ1v) is 7.51. The summed E-state index contributed by atoms with van der Waals surface area (Å²) in [4.78, 5) is 2.66. The normalized spacial score (nSPS) is 35.4. The highest BCUT2D eigenvalue weighted by atomic mass is 16.5. The number of ether oxygens (including phenoxy) is 1. The van der Waals surface area contributed by atoms with E-state index < -0.39 is 0 Å². The van der Waals surface area contributed by atoms with E-state index in [2.05, 4.69) is 17.2 Å². The summed E-state index contributed by atoms with van der Waals surface area (Å²) in [6, 6.07) is 1.48. The molecule has 1 saturated carbocycles. The Morgan fingerprint density at radius 1 is 0.941 bits per heavy atom. The third-order valence-corrected chi connectivity index (χ3v) is 4.68. The van der Waals surface area contributed by atoms with Gasteiger partial charge < -0.3 is 9.64 Å². The fourth-order valence-electron chi connectivity index (χ4n) is 3.76. The van der Waals surface area contributed by atoms with E-state index in [-0.39, 0.29) is 0 Å². The van der Waals surface area contributed by atoms with Crippen LogP contribution in [0, 0.1) is 0 Å². The molecule has 0 bridgehead atoms. The monoisotopic (exact) mass is 235 g/mol. The molecule has 0 aromatic heterocycles. The number of nitrogens with zero attached hydrogens (tertiary/aromatic N) is 1. The zero-order valence-electron chi connectivity index (χ0n) is 10.8. The first kappa shape index (κ1) is 11.6. The molecule has 0 aromatic rings. The highest BCUT2D eigenvalue weighted by molar-refractivity contribution is 5.00. The Morgan fingerprint density at radius 2 is 1.76 bits per heavy atom. The molecule has 0 spiro atoms. The van der Waals surface area contributed by atoms with E-state index in [1.165, 1.54) is 57.8 Å². The molecule has 0 aromatic carbocycles.